The van der Waals surface area contributed by atoms with E-state index in [2.05, 4.69) is 18.8 Å². The number of hydrogen-bond donors (Lipinski definition) is 1. The molecule has 2 N–H and O–H groups in total. The van der Waals surface area contributed by atoms with Gasteiger partial charge in [-0.15, -0.1) is 0 Å². The third-order valence-electron chi connectivity index (χ3n) is 3.37. The molecule has 0 fully saturated rings. The standard InChI is InChI=1S/C14H21N3O2S/c1-9(2)8-10(15)14-16-13-11(17(14)3)6-5-7-12(13)20(4,18)19/h5-7,9-10H,8,15H2,1-4H3. The quantitative estimate of drug-likeness (QED) is 0.936. The van der Waals surface area contributed by atoms with Crippen molar-refractivity contribution in [2.45, 2.75) is 31.2 Å². The van der Waals surface area contributed by atoms with E-state index >= 15 is 0 Å². The Morgan fingerprint density at radius 1 is 1.35 bits per heavy atom. The summed E-state index contributed by atoms with van der Waals surface area (Å²) in [6.45, 7) is 4.20. The summed E-state index contributed by atoms with van der Waals surface area (Å²) in [5.41, 5.74) is 7.49. The Balaban J connectivity index is 2.64. The number of nitrogens with zero attached hydrogens (tertiary/aromatic N) is 2. The van der Waals surface area contributed by atoms with E-state index in [1.165, 1.54) is 6.26 Å². The Morgan fingerprint density at radius 2 is 2.00 bits per heavy atom. The number of aromatic nitrogens is 2. The second kappa shape index (κ2) is 5.18. The van der Waals surface area contributed by atoms with Crippen molar-refractivity contribution in [1.29, 1.82) is 0 Å². The van der Waals surface area contributed by atoms with Gasteiger partial charge in [-0.1, -0.05) is 19.9 Å². The molecule has 2 aromatic rings. The van der Waals surface area contributed by atoms with Crippen molar-refractivity contribution in [3.05, 3.63) is 24.0 Å². The van der Waals surface area contributed by atoms with Crippen LogP contribution in [0.1, 0.15) is 32.1 Å². The maximum absolute atomic E-state index is 11.8. The molecule has 0 spiro atoms. The summed E-state index contributed by atoms with van der Waals surface area (Å²) in [6, 6.07) is 4.99. The number of nitrogens with two attached hydrogens (primary N) is 1. The number of sulfone groups is 1. The van der Waals surface area contributed by atoms with Gasteiger partial charge in [0, 0.05) is 13.3 Å². The molecule has 20 heavy (non-hydrogen) atoms. The molecule has 110 valence electrons. The van der Waals surface area contributed by atoms with Crippen LogP contribution >= 0.6 is 0 Å². The van der Waals surface area contributed by atoms with Crippen LogP contribution in [0.3, 0.4) is 0 Å². The molecule has 0 saturated heterocycles. The molecular weight excluding hydrogens is 274 g/mol. The molecule has 0 radical (unpaired) electrons. The van der Waals surface area contributed by atoms with Crippen LogP contribution in [0.25, 0.3) is 11.0 Å². The minimum atomic E-state index is -3.30. The lowest BCUT2D eigenvalue weighted by molar-refractivity contribution is 0.485. The second-order valence-corrected chi connectivity index (χ2v) is 7.65. The van der Waals surface area contributed by atoms with Crippen molar-refractivity contribution in [3.63, 3.8) is 0 Å². The predicted octanol–water partition coefficient (Wildman–Crippen LogP) is 2.02. The van der Waals surface area contributed by atoms with E-state index in [1.807, 2.05) is 17.7 Å². The van der Waals surface area contributed by atoms with Crippen LogP contribution < -0.4 is 5.73 Å². The lowest BCUT2D eigenvalue weighted by Gasteiger charge is -2.13. The molecular formula is C14H21N3O2S. The summed E-state index contributed by atoms with van der Waals surface area (Å²) < 4.78 is 25.6. The highest BCUT2D eigenvalue weighted by Gasteiger charge is 2.20. The van der Waals surface area contributed by atoms with Gasteiger partial charge in [-0.2, -0.15) is 0 Å². The molecule has 0 amide bonds. The molecule has 0 aliphatic carbocycles. The third-order valence-corrected chi connectivity index (χ3v) is 4.49. The van der Waals surface area contributed by atoms with Crippen molar-refractivity contribution in [2.24, 2.45) is 18.7 Å². The van der Waals surface area contributed by atoms with Crippen LogP contribution in [-0.2, 0) is 16.9 Å². The highest BCUT2D eigenvalue weighted by molar-refractivity contribution is 7.91. The Morgan fingerprint density at radius 3 is 2.55 bits per heavy atom. The Hall–Kier alpha value is -1.40. The highest BCUT2D eigenvalue weighted by Crippen LogP contribution is 2.26. The van der Waals surface area contributed by atoms with Gasteiger partial charge in [0.15, 0.2) is 9.84 Å². The van der Waals surface area contributed by atoms with E-state index in [0.29, 0.717) is 11.4 Å². The summed E-state index contributed by atoms with van der Waals surface area (Å²) in [6.07, 6.45) is 2.01. The molecule has 1 aromatic carbocycles. The first-order chi connectivity index (χ1) is 9.21. The number of rotatable bonds is 4. The van der Waals surface area contributed by atoms with Crippen molar-refractivity contribution >= 4 is 20.9 Å². The number of aryl methyl sites for hydroxylation is 1. The summed E-state index contributed by atoms with van der Waals surface area (Å²) >= 11 is 0. The van der Waals surface area contributed by atoms with Crippen molar-refractivity contribution in [3.8, 4) is 0 Å². The average molecular weight is 295 g/mol. The SMILES string of the molecule is CC(C)CC(N)c1nc2c(S(C)(=O)=O)cccc2n1C. The molecule has 0 aliphatic heterocycles. The van der Waals surface area contributed by atoms with Crippen LogP contribution in [0.15, 0.2) is 23.1 Å². The Labute approximate surface area is 119 Å². The van der Waals surface area contributed by atoms with Crippen LogP contribution in [0, 0.1) is 5.92 Å². The molecule has 2 rings (SSSR count). The molecule has 5 nitrogen and oxygen atoms in total. The maximum Gasteiger partial charge on any atom is 0.177 e. The zero-order valence-corrected chi connectivity index (χ0v) is 13.1. The van der Waals surface area contributed by atoms with Gasteiger partial charge in [0.1, 0.15) is 11.3 Å². The van der Waals surface area contributed by atoms with E-state index in [4.69, 9.17) is 5.73 Å². The molecule has 1 aromatic heterocycles. The van der Waals surface area contributed by atoms with Gasteiger partial charge in [0.2, 0.25) is 0 Å². The zero-order chi connectivity index (χ0) is 15.1. The number of benzene rings is 1. The van der Waals surface area contributed by atoms with Gasteiger partial charge >= 0.3 is 0 Å². The monoisotopic (exact) mass is 295 g/mol. The maximum atomic E-state index is 11.8. The van der Waals surface area contributed by atoms with Gasteiger partial charge in [-0.25, -0.2) is 13.4 Å². The van der Waals surface area contributed by atoms with Gasteiger partial charge in [-0.3, -0.25) is 0 Å². The van der Waals surface area contributed by atoms with Crippen LogP contribution in [0.2, 0.25) is 0 Å². The first-order valence-corrected chi connectivity index (χ1v) is 8.52. The van der Waals surface area contributed by atoms with Crippen LogP contribution in [0.4, 0.5) is 0 Å². The van der Waals surface area contributed by atoms with E-state index in [-0.39, 0.29) is 10.9 Å². The minimum Gasteiger partial charge on any atom is -0.330 e. The largest absolute Gasteiger partial charge is 0.330 e. The fourth-order valence-corrected chi connectivity index (χ4v) is 3.28. The van der Waals surface area contributed by atoms with Gasteiger partial charge in [-0.05, 0) is 24.5 Å². The summed E-state index contributed by atoms with van der Waals surface area (Å²) in [5, 5.41) is 0. The fourth-order valence-electron chi connectivity index (χ4n) is 2.45. The topological polar surface area (TPSA) is 78.0 Å². The molecule has 1 atom stereocenters. The normalized spacial score (nSPS) is 14.1. The smallest absolute Gasteiger partial charge is 0.177 e. The summed E-state index contributed by atoms with van der Waals surface area (Å²) in [4.78, 5) is 4.75. The average Bonchev–Trinajstić information content (AvgIpc) is 2.65. The minimum absolute atomic E-state index is 0.195. The number of hydrogen-bond acceptors (Lipinski definition) is 4. The Bertz CT molecular complexity index is 732. The molecule has 0 bridgehead atoms. The van der Waals surface area contributed by atoms with E-state index in [9.17, 15) is 8.42 Å². The van der Waals surface area contributed by atoms with Crippen LogP contribution in [0.5, 0.6) is 0 Å². The fraction of sp³-hybridized carbons (Fsp3) is 0.500. The zero-order valence-electron chi connectivity index (χ0n) is 12.3. The molecule has 6 heteroatoms. The number of imidazole rings is 1. The van der Waals surface area contributed by atoms with E-state index in [1.54, 1.807) is 12.1 Å². The van der Waals surface area contributed by atoms with E-state index in [0.717, 1.165) is 17.8 Å². The summed E-state index contributed by atoms with van der Waals surface area (Å²) in [5.74, 6) is 1.18. The number of para-hydroxylation sites is 1. The first-order valence-electron chi connectivity index (χ1n) is 6.62. The van der Waals surface area contributed by atoms with Crippen molar-refractivity contribution < 1.29 is 8.42 Å². The van der Waals surface area contributed by atoms with Gasteiger partial charge < -0.3 is 10.3 Å². The number of fused-ring (bicyclic) bond motifs is 1. The Kier molecular flexibility index (Phi) is 3.88. The third kappa shape index (κ3) is 2.71. The van der Waals surface area contributed by atoms with Gasteiger partial charge in [0.05, 0.1) is 16.5 Å². The van der Waals surface area contributed by atoms with E-state index < -0.39 is 9.84 Å². The van der Waals surface area contributed by atoms with Crippen LogP contribution in [-0.4, -0.2) is 24.2 Å². The highest BCUT2D eigenvalue weighted by atomic mass is 32.2. The summed E-state index contributed by atoms with van der Waals surface area (Å²) in [7, 11) is -1.43. The van der Waals surface area contributed by atoms with Gasteiger partial charge in [0.25, 0.3) is 0 Å². The lowest BCUT2D eigenvalue weighted by atomic mass is 10.0. The molecule has 0 saturated carbocycles. The molecule has 1 unspecified atom stereocenters. The van der Waals surface area contributed by atoms with Crippen molar-refractivity contribution in [1.82, 2.24) is 9.55 Å². The molecule has 0 aliphatic rings. The first kappa shape index (κ1) is 15.0. The molecule has 1 heterocycles. The predicted molar refractivity (Wildman–Crippen MR) is 80.2 cm³/mol. The van der Waals surface area contributed by atoms with Crippen molar-refractivity contribution in [2.75, 3.05) is 6.26 Å². The second-order valence-electron chi connectivity index (χ2n) is 5.66. The lowest BCUT2D eigenvalue weighted by Crippen LogP contribution is -2.17.